The number of hydrogen-bond acceptors (Lipinski definition) is 7. The summed E-state index contributed by atoms with van der Waals surface area (Å²) in [5.41, 5.74) is 3.32. The van der Waals surface area contributed by atoms with Gasteiger partial charge in [0.1, 0.15) is 0 Å². The molecule has 4 aromatic rings. The number of nitrogens with one attached hydrogen (secondary N) is 1. The first kappa shape index (κ1) is 19.0. The van der Waals surface area contributed by atoms with Gasteiger partial charge in [-0.15, -0.1) is 10.2 Å². The van der Waals surface area contributed by atoms with Crippen molar-refractivity contribution in [3.05, 3.63) is 54.4 Å². The summed E-state index contributed by atoms with van der Waals surface area (Å²) in [7, 11) is 0. The first-order valence-electron chi connectivity index (χ1n) is 9.93. The van der Waals surface area contributed by atoms with Crippen molar-refractivity contribution in [2.75, 3.05) is 18.5 Å². The Balaban J connectivity index is 1.42. The Morgan fingerprint density at radius 1 is 1.17 bits per heavy atom. The minimum Gasteiger partial charge on any atom is -0.381 e. The molecule has 0 radical (unpaired) electrons. The maximum absolute atomic E-state index is 11.7. The van der Waals surface area contributed by atoms with Gasteiger partial charge in [-0.05, 0) is 67.9 Å². The fraction of sp³-hybridized carbons (Fsp3) is 0.273. The first-order chi connectivity index (χ1) is 14.7. The molecular weight excluding hydrogens is 398 g/mol. The van der Waals surface area contributed by atoms with E-state index in [2.05, 4.69) is 32.6 Å². The molecule has 152 valence electrons. The van der Waals surface area contributed by atoms with Gasteiger partial charge in [0, 0.05) is 41.3 Å². The topological polar surface area (TPSA) is 81.4 Å². The van der Waals surface area contributed by atoms with Crippen LogP contribution in [0.15, 0.2) is 58.8 Å². The van der Waals surface area contributed by atoms with Gasteiger partial charge < -0.3 is 10.1 Å². The van der Waals surface area contributed by atoms with Crippen molar-refractivity contribution in [1.29, 1.82) is 0 Å². The van der Waals surface area contributed by atoms with E-state index in [0.29, 0.717) is 17.3 Å². The van der Waals surface area contributed by atoms with Gasteiger partial charge in [0.25, 0.3) is 0 Å². The first-order valence-corrected chi connectivity index (χ1v) is 10.7. The van der Waals surface area contributed by atoms with Crippen LogP contribution in [0.1, 0.15) is 30.1 Å². The lowest BCUT2D eigenvalue weighted by Crippen LogP contribution is -2.27. The summed E-state index contributed by atoms with van der Waals surface area (Å²) in [6.45, 7) is 3.16. The molecule has 5 rings (SSSR count). The summed E-state index contributed by atoms with van der Waals surface area (Å²) < 4.78 is 7.29. The van der Waals surface area contributed by atoms with Gasteiger partial charge in [-0.2, -0.15) is 0 Å². The summed E-state index contributed by atoms with van der Waals surface area (Å²) in [4.78, 5) is 17.4. The molecule has 0 atom stereocenters. The van der Waals surface area contributed by atoms with Crippen molar-refractivity contribution in [3.63, 3.8) is 0 Å². The predicted molar refractivity (Wildman–Crippen MR) is 116 cm³/mol. The summed E-state index contributed by atoms with van der Waals surface area (Å²) in [5.74, 6) is 0.0166. The molecule has 0 spiro atoms. The average Bonchev–Trinajstić information content (AvgIpc) is 3.16. The zero-order valence-corrected chi connectivity index (χ0v) is 17.4. The molecule has 1 aromatic carbocycles. The maximum Gasteiger partial charge on any atom is 0.200 e. The van der Waals surface area contributed by atoms with Crippen molar-refractivity contribution < 1.29 is 9.53 Å². The minimum absolute atomic E-state index is 0.0166. The van der Waals surface area contributed by atoms with Crippen molar-refractivity contribution >= 4 is 39.8 Å². The normalized spacial score (nSPS) is 15.0. The van der Waals surface area contributed by atoms with Crippen LogP contribution in [0.3, 0.4) is 0 Å². The summed E-state index contributed by atoms with van der Waals surface area (Å²) in [6, 6.07) is 12.3. The Hall–Kier alpha value is -2.97. The van der Waals surface area contributed by atoms with Crippen LogP contribution in [0, 0.1) is 0 Å². The third-order valence-electron chi connectivity index (χ3n) is 5.23. The predicted octanol–water partition coefficient (Wildman–Crippen LogP) is 4.22. The molecule has 0 amide bonds. The molecule has 0 saturated carbocycles. The number of rotatable bonds is 5. The van der Waals surface area contributed by atoms with Crippen LogP contribution in [0.4, 0.5) is 5.69 Å². The number of carbonyl (C=O) groups excluding carboxylic acids is 1. The van der Waals surface area contributed by atoms with Crippen LogP contribution in [0.25, 0.3) is 16.6 Å². The lowest BCUT2D eigenvalue weighted by molar-refractivity contribution is 0.0904. The molecule has 0 bridgehead atoms. The largest absolute Gasteiger partial charge is 0.381 e. The van der Waals surface area contributed by atoms with Crippen molar-refractivity contribution in [1.82, 2.24) is 19.6 Å². The smallest absolute Gasteiger partial charge is 0.200 e. The van der Waals surface area contributed by atoms with Crippen molar-refractivity contribution in [2.24, 2.45) is 0 Å². The molecule has 1 fully saturated rings. The fourth-order valence-electron chi connectivity index (χ4n) is 3.58. The quantitative estimate of drug-likeness (QED) is 0.485. The molecular formula is C22H21N5O2S. The number of hydrogen-bond donors (Lipinski definition) is 1. The average molecular weight is 420 g/mol. The molecule has 0 unspecified atom stereocenters. The molecule has 1 aliphatic heterocycles. The third kappa shape index (κ3) is 3.88. The molecule has 1 aliphatic rings. The number of nitrogens with zero attached hydrogens (tertiary/aromatic N) is 4. The van der Waals surface area contributed by atoms with E-state index >= 15 is 0 Å². The van der Waals surface area contributed by atoms with Crippen molar-refractivity contribution in [3.8, 4) is 0 Å². The number of benzene rings is 1. The number of fused-ring (bicyclic) bond motifs is 2. The van der Waals surface area contributed by atoms with E-state index in [9.17, 15) is 4.79 Å². The lowest BCUT2D eigenvalue weighted by Gasteiger charge is -2.24. The SMILES string of the molecule is CC(=O)c1ccc2nnc(Sc3ccc4ncc(NC5CCOCC5)cc4c3)n2c1. The highest BCUT2D eigenvalue weighted by Crippen LogP contribution is 2.30. The number of Topliss-reactive ketones (excluding diaryl/α,β-unsaturated/α-hetero) is 1. The second-order valence-corrected chi connectivity index (χ2v) is 8.44. The van der Waals surface area contributed by atoms with E-state index < -0.39 is 0 Å². The Morgan fingerprint density at radius 2 is 2.03 bits per heavy atom. The summed E-state index contributed by atoms with van der Waals surface area (Å²) in [5, 5.41) is 13.9. The molecule has 1 saturated heterocycles. The Bertz CT molecular complexity index is 1230. The highest BCUT2D eigenvalue weighted by atomic mass is 32.2. The molecule has 4 heterocycles. The van der Waals surface area contributed by atoms with Gasteiger partial charge in [0.15, 0.2) is 16.6 Å². The van der Waals surface area contributed by atoms with Crippen LogP contribution >= 0.6 is 11.8 Å². The maximum atomic E-state index is 11.7. The van der Waals surface area contributed by atoms with Crippen LogP contribution in [0.2, 0.25) is 0 Å². The third-order valence-corrected chi connectivity index (χ3v) is 6.18. The van der Waals surface area contributed by atoms with Gasteiger partial charge in [0.2, 0.25) is 0 Å². The second-order valence-electron chi connectivity index (χ2n) is 7.40. The van der Waals surface area contributed by atoms with Crippen LogP contribution in [-0.4, -0.2) is 44.6 Å². The molecule has 8 heteroatoms. The molecule has 3 aromatic heterocycles. The molecule has 0 aliphatic carbocycles. The molecule has 30 heavy (non-hydrogen) atoms. The second kappa shape index (κ2) is 8.04. The zero-order valence-electron chi connectivity index (χ0n) is 16.5. The Morgan fingerprint density at radius 3 is 2.87 bits per heavy atom. The number of pyridine rings is 2. The van der Waals surface area contributed by atoms with Gasteiger partial charge >= 0.3 is 0 Å². The molecule has 7 nitrogen and oxygen atoms in total. The fourth-order valence-corrected chi connectivity index (χ4v) is 4.44. The highest BCUT2D eigenvalue weighted by Gasteiger charge is 2.14. The van der Waals surface area contributed by atoms with Gasteiger partial charge in [-0.25, -0.2) is 0 Å². The summed E-state index contributed by atoms with van der Waals surface area (Å²) >= 11 is 1.51. The van der Waals surface area contributed by atoms with Crippen molar-refractivity contribution in [2.45, 2.75) is 35.9 Å². The number of anilines is 1. The van der Waals surface area contributed by atoms with Gasteiger partial charge in [-0.1, -0.05) is 0 Å². The van der Waals surface area contributed by atoms with Gasteiger partial charge in [0.05, 0.1) is 17.4 Å². The van der Waals surface area contributed by atoms with Gasteiger partial charge in [-0.3, -0.25) is 14.2 Å². The monoisotopic (exact) mass is 419 g/mol. The van der Waals surface area contributed by atoms with E-state index in [-0.39, 0.29) is 5.78 Å². The van der Waals surface area contributed by atoms with E-state index in [1.54, 1.807) is 19.2 Å². The van der Waals surface area contributed by atoms with E-state index in [0.717, 1.165) is 52.7 Å². The highest BCUT2D eigenvalue weighted by molar-refractivity contribution is 7.99. The number of ether oxygens (including phenoxy) is 1. The minimum atomic E-state index is 0.0166. The number of aromatic nitrogens is 4. The van der Waals surface area contributed by atoms with Crippen LogP contribution < -0.4 is 5.32 Å². The number of carbonyl (C=O) groups is 1. The Labute approximate surface area is 177 Å². The lowest BCUT2D eigenvalue weighted by atomic mass is 10.1. The standard InChI is InChI=1S/C22H21N5O2S/c1-14(28)15-2-5-21-25-26-22(27(21)13-15)30-19-3-4-20-16(11-19)10-18(12-23-20)24-17-6-8-29-9-7-17/h2-5,10-13,17,24H,6-9H2,1H3. The Kier molecular flexibility index (Phi) is 5.10. The van der Waals surface area contributed by atoms with Crippen LogP contribution in [0.5, 0.6) is 0 Å². The zero-order chi connectivity index (χ0) is 20.5. The number of ketones is 1. The summed E-state index contributed by atoms with van der Waals surface area (Å²) in [6.07, 6.45) is 5.70. The van der Waals surface area contributed by atoms with E-state index in [4.69, 9.17) is 4.74 Å². The van der Waals surface area contributed by atoms with E-state index in [1.807, 2.05) is 28.8 Å². The van der Waals surface area contributed by atoms with Crippen LogP contribution in [-0.2, 0) is 4.74 Å². The van der Waals surface area contributed by atoms with E-state index in [1.165, 1.54) is 11.8 Å². The molecule has 1 N–H and O–H groups in total.